The highest BCUT2D eigenvalue weighted by molar-refractivity contribution is 5.98. The van der Waals surface area contributed by atoms with E-state index in [0.29, 0.717) is 24.6 Å². The summed E-state index contributed by atoms with van der Waals surface area (Å²) in [4.78, 5) is 23.3. The molecular formula is C21H25N5O4. The summed E-state index contributed by atoms with van der Waals surface area (Å²) < 4.78 is 15.7. The molecule has 1 aromatic carbocycles. The van der Waals surface area contributed by atoms with Crippen LogP contribution in [0.2, 0.25) is 0 Å². The fourth-order valence-corrected chi connectivity index (χ4v) is 3.73. The number of fused-ring (bicyclic) bond motifs is 1. The summed E-state index contributed by atoms with van der Waals surface area (Å²) in [7, 11) is 3.26. The highest BCUT2D eigenvalue weighted by Crippen LogP contribution is 2.35. The van der Waals surface area contributed by atoms with Gasteiger partial charge in [-0.3, -0.25) is 4.79 Å². The molecule has 2 aromatic heterocycles. The SMILES string of the molecule is COCCNC(=O)C1CCN(c2ncnc3onc(-c4ccc(OC)cc4)c23)CC1. The Morgan fingerprint density at radius 2 is 1.97 bits per heavy atom. The number of carbonyl (C=O) groups is 1. The van der Waals surface area contributed by atoms with Crippen molar-refractivity contribution in [2.24, 2.45) is 5.92 Å². The van der Waals surface area contributed by atoms with Gasteiger partial charge in [-0.1, -0.05) is 5.16 Å². The van der Waals surface area contributed by atoms with Gasteiger partial charge in [0.2, 0.25) is 5.91 Å². The molecule has 0 atom stereocenters. The number of methoxy groups -OCH3 is 2. The third-order valence-electron chi connectivity index (χ3n) is 5.39. The molecule has 3 aromatic rings. The van der Waals surface area contributed by atoms with Crippen LogP contribution in [-0.2, 0) is 9.53 Å². The van der Waals surface area contributed by atoms with Crippen molar-refractivity contribution in [3.05, 3.63) is 30.6 Å². The zero-order chi connectivity index (χ0) is 20.9. The van der Waals surface area contributed by atoms with Gasteiger partial charge in [0.25, 0.3) is 5.71 Å². The lowest BCUT2D eigenvalue weighted by Gasteiger charge is -2.32. The summed E-state index contributed by atoms with van der Waals surface area (Å²) in [5.41, 5.74) is 2.05. The zero-order valence-corrected chi connectivity index (χ0v) is 17.1. The average molecular weight is 411 g/mol. The Hall–Kier alpha value is -3.20. The number of carbonyl (C=O) groups excluding carboxylic acids is 1. The van der Waals surface area contributed by atoms with Gasteiger partial charge in [0.05, 0.1) is 13.7 Å². The monoisotopic (exact) mass is 411 g/mol. The predicted molar refractivity (Wildman–Crippen MR) is 111 cm³/mol. The highest BCUT2D eigenvalue weighted by atomic mass is 16.5. The number of benzene rings is 1. The van der Waals surface area contributed by atoms with Crippen LogP contribution in [0.15, 0.2) is 35.1 Å². The molecule has 0 spiro atoms. The Kier molecular flexibility index (Phi) is 6.08. The van der Waals surface area contributed by atoms with E-state index in [0.717, 1.165) is 48.4 Å². The maximum Gasteiger partial charge on any atom is 0.263 e. The van der Waals surface area contributed by atoms with Crippen LogP contribution in [0.4, 0.5) is 5.82 Å². The average Bonchev–Trinajstić information content (AvgIpc) is 3.24. The minimum absolute atomic E-state index is 0.000956. The first-order valence-electron chi connectivity index (χ1n) is 9.97. The maximum absolute atomic E-state index is 12.3. The third-order valence-corrected chi connectivity index (χ3v) is 5.39. The van der Waals surface area contributed by atoms with E-state index in [1.807, 2.05) is 24.3 Å². The number of ether oxygens (including phenoxy) is 2. The second-order valence-electron chi connectivity index (χ2n) is 7.18. The first-order chi connectivity index (χ1) is 14.7. The molecule has 1 amide bonds. The van der Waals surface area contributed by atoms with Crippen LogP contribution in [0, 0.1) is 5.92 Å². The Morgan fingerprint density at radius 1 is 1.20 bits per heavy atom. The van der Waals surface area contributed by atoms with Gasteiger partial charge in [-0.15, -0.1) is 0 Å². The molecule has 1 fully saturated rings. The molecule has 30 heavy (non-hydrogen) atoms. The summed E-state index contributed by atoms with van der Waals surface area (Å²) in [5, 5.41) is 7.95. The maximum atomic E-state index is 12.3. The first-order valence-corrected chi connectivity index (χ1v) is 9.97. The molecule has 9 nitrogen and oxygen atoms in total. The van der Waals surface area contributed by atoms with Crippen LogP contribution in [0.1, 0.15) is 12.8 Å². The van der Waals surface area contributed by atoms with E-state index in [1.165, 1.54) is 6.33 Å². The van der Waals surface area contributed by atoms with Gasteiger partial charge in [0.1, 0.15) is 29.0 Å². The van der Waals surface area contributed by atoms with Gasteiger partial charge in [-0.2, -0.15) is 4.98 Å². The van der Waals surface area contributed by atoms with Crippen molar-refractivity contribution < 1.29 is 18.8 Å². The Labute approximate surface area is 174 Å². The van der Waals surface area contributed by atoms with E-state index in [1.54, 1.807) is 14.2 Å². The molecule has 0 bridgehead atoms. The van der Waals surface area contributed by atoms with Crippen molar-refractivity contribution in [3.8, 4) is 17.0 Å². The third kappa shape index (κ3) is 4.06. The molecule has 1 aliphatic rings. The van der Waals surface area contributed by atoms with Crippen molar-refractivity contribution >= 4 is 22.8 Å². The fraction of sp³-hybridized carbons (Fsp3) is 0.429. The Balaban J connectivity index is 1.54. The quantitative estimate of drug-likeness (QED) is 0.591. The second kappa shape index (κ2) is 9.08. The van der Waals surface area contributed by atoms with Crippen molar-refractivity contribution in [2.45, 2.75) is 12.8 Å². The number of aromatic nitrogens is 3. The van der Waals surface area contributed by atoms with E-state index in [4.69, 9.17) is 14.0 Å². The van der Waals surface area contributed by atoms with Crippen molar-refractivity contribution in [2.75, 3.05) is 45.4 Å². The van der Waals surface area contributed by atoms with Crippen LogP contribution in [0.5, 0.6) is 5.75 Å². The molecule has 9 heteroatoms. The number of rotatable bonds is 7. The number of piperidine rings is 1. The fourth-order valence-electron chi connectivity index (χ4n) is 3.73. The zero-order valence-electron chi connectivity index (χ0n) is 17.1. The molecule has 1 N–H and O–H groups in total. The van der Waals surface area contributed by atoms with Crippen LogP contribution in [-0.4, -0.2) is 61.5 Å². The molecule has 4 rings (SSSR count). The van der Waals surface area contributed by atoms with Crippen LogP contribution in [0.3, 0.4) is 0 Å². The first kappa shape index (κ1) is 20.1. The summed E-state index contributed by atoms with van der Waals surface area (Å²) >= 11 is 0. The van der Waals surface area contributed by atoms with Crippen molar-refractivity contribution in [3.63, 3.8) is 0 Å². The molecule has 0 unspecified atom stereocenters. The van der Waals surface area contributed by atoms with Crippen molar-refractivity contribution in [1.29, 1.82) is 0 Å². The van der Waals surface area contributed by atoms with Crippen molar-refractivity contribution in [1.82, 2.24) is 20.4 Å². The molecule has 0 saturated carbocycles. The van der Waals surface area contributed by atoms with Crippen LogP contribution in [0.25, 0.3) is 22.4 Å². The van der Waals surface area contributed by atoms with Crippen LogP contribution < -0.4 is 15.0 Å². The minimum atomic E-state index is -0.000956. The molecule has 1 saturated heterocycles. The molecule has 158 valence electrons. The number of nitrogens with one attached hydrogen (secondary N) is 1. The number of anilines is 1. The van der Waals surface area contributed by atoms with Crippen LogP contribution >= 0.6 is 0 Å². The Bertz CT molecular complexity index is 996. The second-order valence-corrected chi connectivity index (χ2v) is 7.18. The largest absolute Gasteiger partial charge is 0.497 e. The number of hydrogen-bond acceptors (Lipinski definition) is 8. The Morgan fingerprint density at radius 3 is 2.67 bits per heavy atom. The predicted octanol–water partition coefficient (Wildman–Crippen LogP) is 2.27. The van der Waals surface area contributed by atoms with Gasteiger partial charge in [0.15, 0.2) is 0 Å². The lowest BCUT2D eigenvalue weighted by atomic mass is 9.95. The standard InChI is InChI=1S/C21H25N5O4/c1-28-12-9-22-20(27)15-7-10-26(11-8-15)19-17-18(25-30-21(17)24-13-23-19)14-3-5-16(29-2)6-4-14/h3-6,13,15H,7-12H2,1-2H3,(H,22,27). The van der Waals surface area contributed by atoms with Gasteiger partial charge in [-0.25, -0.2) is 4.98 Å². The summed E-state index contributed by atoms with van der Waals surface area (Å²) in [6.07, 6.45) is 3.01. The van der Waals surface area contributed by atoms with E-state index >= 15 is 0 Å². The van der Waals surface area contributed by atoms with Gasteiger partial charge < -0.3 is 24.2 Å². The lowest BCUT2D eigenvalue weighted by Crippen LogP contribution is -2.41. The van der Waals surface area contributed by atoms with E-state index in [9.17, 15) is 4.79 Å². The molecule has 3 heterocycles. The highest BCUT2D eigenvalue weighted by Gasteiger charge is 2.28. The number of amides is 1. The van der Waals surface area contributed by atoms with E-state index < -0.39 is 0 Å². The van der Waals surface area contributed by atoms with Gasteiger partial charge >= 0.3 is 0 Å². The minimum Gasteiger partial charge on any atom is -0.497 e. The van der Waals surface area contributed by atoms with Gasteiger partial charge in [-0.05, 0) is 37.1 Å². The topological polar surface area (TPSA) is 103 Å². The van der Waals surface area contributed by atoms with E-state index in [-0.39, 0.29) is 11.8 Å². The summed E-state index contributed by atoms with van der Waals surface area (Å²) in [5.74, 6) is 1.64. The summed E-state index contributed by atoms with van der Waals surface area (Å²) in [6.45, 7) is 2.50. The number of nitrogens with zero attached hydrogens (tertiary/aromatic N) is 4. The number of hydrogen-bond donors (Lipinski definition) is 1. The molecule has 0 radical (unpaired) electrons. The molecule has 0 aliphatic carbocycles. The normalized spacial score (nSPS) is 14.8. The summed E-state index contributed by atoms with van der Waals surface area (Å²) in [6, 6.07) is 7.63. The van der Waals surface area contributed by atoms with Gasteiger partial charge in [0, 0.05) is 38.2 Å². The lowest BCUT2D eigenvalue weighted by molar-refractivity contribution is -0.125. The van der Waals surface area contributed by atoms with E-state index in [2.05, 4.69) is 25.3 Å². The molecule has 1 aliphatic heterocycles. The smallest absolute Gasteiger partial charge is 0.263 e. The molecular weight excluding hydrogens is 386 g/mol.